The lowest BCUT2D eigenvalue weighted by molar-refractivity contribution is 0.634. The van der Waals surface area contributed by atoms with Gasteiger partial charge in [0.15, 0.2) is 5.82 Å². The maximum atomic E-state index is 6.00. The highest BCUT2D eigenvalue weighted by molar-refractivity contribution is 6.29. The van der Waals surface area contributed by atoms with E-state index in [2.05, 4.69) is 28.9 Å². The average molecular weight is 251 g/mol. The van der Waals surface area contributed by atoms with E-state index in [1.807, 2.05) is 25.4 Å². The molecule has 2 aromatic rings. The first-order valence-electron chi connectivity index (χ1n) is 5.58. The van der Waals surface area contributed by atoms with Crippen LogP contribution in [0.25, 0.3) is 11.5 Å². The zero-order chi connectivity index (χ0) is 12.4. The molecule has 0 amide bonds. The fourth-order valence-electron chi connectivity index (χ4n) is 1.64. The Bertz CT molecular complexity index is 519. The van der Waals surface area contributed by atoms with Crippen LogP contribution in [-0.2, 0) is 13.5 Å². The van der Waals surface area contributed by atoms with E-state index < -0.39 is 0 Å². The molecule has 90 valence electrons. The summed E-state index contributed by atoms with van der Waals surface area (Å²) in [4.78, 5) is 8.69. The molecule has 0 aliphatic heterocycles. The molecule has 4 nitrogen and oxygen atoms in total. The van der Waals surface area contributed by atoms with Crippen molar-refractivity contribution < 1.29 is 0 Å². The first-order valence-corrected chi connectivity index (χ1v) is 5.96. The van der Waals surface area contributed by atoms with Crippen molar-refractivity contribution in [2.45, 2.75) is 20.3 Å². The van der Waals surface area contributed by atoms with Crippen molar-refractivity contribution >= 4 is 11.6 Å². The van der Waals surface area contributed by atoms with Crippen molar-refractivity contribution in [2.75, 3.05) is 0 Å². The third kappa shape index (κ3) is 3.03. The van der Waals surface area contributed by atoms with Gasteiger partial charge in [-0.25, -0.2) is 9.97 Å². The molecule has 0 atom stereocenters. The predicted octanol–water partition coefficient (Wildman–Crippen LogP) is 2.73. The highest BCUT2D eigenvalue weighted by atomic mass is 35.5. The second-order valence-corrected chi connectivity index (χ2v) is 4.87. The van der Waals surface area contributed by atoms with Gasteiger partial charge in [-0.15, -0.1) is 0 Å². The van der Waals surface area contributed by atoms with Gasteiger partial charge in [0.05, 0.1) is 0 Å². The van der Waals surface area contributed by atoms with Gasteiger partial charge in [-0.2, -0.15) is 5.10 Å². The quantitative estimate of drug-likeness (QED) is 0.787. The van der Waals surface area contributed by atoms with Gasteiger partial charge in [-0.3, -0.25) is 4.68 Å². The zero-order valence-corrected chi connectivity index (χ0v) is 10.9. The molecule has 17 heavy (non-hydrogen) atoms. The second kappa shape index (κ2) is 4.84. The SMILES string of the molecule is CC(C)Cc1cc(Cl)nc(-c2ccn(C)n2)n1. The molecule has 2 aromatic heterocycles. The Morgan fingerprint density at radius 2 is 2.12 bits per heavy atom. The van der Waals surface area contributed by atoms with Crippen molar-refractivity contribution in [1.29, 1.82) is 0 Å². The highest BCUT2D eigenvalue weighted by Gasteiger charge is 2.09. The number of rotatable bonds is 3. The molecule has 0 N–H and O–H groups in total. The second-order valence-electron chi connectivity index (χ2n) is 4.48. The molecule has 0 unspecified atom stereocenters. The Morgan fingerprint density at radius 3 is 2.71 bits per heavy atom. The minimum atomic E-state index is 0.469. The van der Waals surface area contributed by atoms with Crippen LogP contribution in [0.2, 0.25) is 5.15 Å². The molecule has 2 heterocycles. The standard InChI is InChI=1S/C12H15ClN4/c1-8(2)6-9-7-11(13)15-12(14-9)10-4-5-17(3)16-10/h4-5,7-8H,6H2,1-3H3. The molecular formula is C12H15ClN4. The molecule has 2 rings (SSSR count). The van der Waals surface area contributed by atoms with Crippen LogP contribution in [0.4, 0.5) is 0 Å². The van der Waals surface area contributed by atoms with Gasteiger partial charge in [0.25, 0.3) is 0 Å². The van der Waals surface area contributed by atoms with Gasteiger partial charge >= 0.3 is 0 Å². The first kappa shape index (κ1) is 12.0. The average Bonchev–Trinajstić information content (AvgIpc) is 2.62. The van der Waals surface area contributed by atoms with Crippen molar-refractivity contribution in [3.8, 4) is 11.5 Å². The molecule has 5 heteroatoms. The minimum Gasteiger partial charge on any atom is -0.275 e. The van der Waals surface area contributed by atoms with Gasteiger partial charge in [0.1, 0.15) is 10.8 Å². The molecule has 0 fully saturated rings. The summed E-state index contributed by atoms with van der Waals surface area (Å²) in [5.41, 5.74) is 1.71. The van der Waals surface area contributed by atoms with Gasteiger partial charge in [-0.1, -0.05) is 25.4 Å². The van der Waals surface area contributed by atoms with E-state index in [1.165, 1.54) is 0 Å². The Labute approximate surface area is 106 Å². The molecule has 0 saturated carbocycles. The fourth-order valence-corrected chi connectivity index (χ4v) is 1.84. The van der Waals surface area contributed by atoms with Crippen LogP contribution in [0.5, 0.6) is 0 Å². The monoisotopic (exact) mass is 250 g/mol. The summed E-state index contributed by atoms with van der Waals surface area (Å²) in [5, 5.41) is 4.74. The van der Waals surface area contributed by atoms with Crippen molar-refractivity contribution in [2.24, 2.45) is 13.0 Å². The minimum absolute atomic E-state index is 0.469. The lowest BCUT2D eigenvalue weighted by Gasteiger charge is -2.05. The molecule has 0 aliphatic rings. The Balaban J connectivity index is 2.37. The van der Waals surface area contributed by atoms with Gasteiger partial charge in [-0.05, 0) is 24.5 Å². The third-order valence-electron chi connectivity index (χ3n) is 2.31. The molecule has 0 aromatic carbocycles. The summed E-state index contributed by atoms with van der Waals surface area (Å²) in [7, 11) is 1.86. The number of hydrogen-bond acceptors (Lipinski definition) is 3. The molecule has 0 radical (unpaired) electrons. The van der Waals surface area contributed by atoms with E-state index in [1.54, 1.807) is 4.68 Å². The summed E-state index contributed by atoms with van der Waals surface area (Å²) in [6.07, 6.45) is 2.75. The van der Waals surface area contributed by atoms with Crippen LogP contribution in [0.15, 0.2) is 18.3 Å². The van der Waals surface area contributed by atoms with E-state index in [-0.39, 0.29) is 0 Å². The first-order chi connectivity index (χ1) is 8.04. The van der Waals surface area contributed by atoms with E-state index in [0.717, 1.165) is 17.8 Å². The van der Waals surface area contributed by atoms with E-state index in [4.69, 9.17) is 11.6 Å². The smallest absolute Gasteiger partial charge is 0.181 e. The fraction of sp³-hybridized carbons (Fsp3) is 0.417. The number of aromatic nitrogens is 4. The summed E-state index contributed by atoms with van der Waals surface area (Å²) >= 11 is 6.00. The Kier molecular flexibility index (Phi) is 3.43. The van der Waals surface area contributed by atoms with E-state index >= 15 is 0 Å². The van der Waals surface area contributed by atoms with Crippen LogP contribution >= 0.6 is 11.6 Å². The van der Waals surface area contributed by atoms with Crippen LogP contribution in [-0.4, -0.2) is 19.7 Å². The van der Waals surface area contributed by atoms with Crippen LogP contribution in [0.1, 0.15) is 19.5 Å². The third-order valence-corrected chi connectivity index (χ3v) is 2.50. The maximum absolute atomic E-state index is 6.00. The molecule has 0 saturated heterocycles. The summed E-state index contributed by atoms with van der Waals surface area (Å²) in [5.74, 6) is 1.13. The van der Waals surface area contributed by atoms with E-state index in [0.29, 0.717) is 16.9 Å². The van der Waals surface area contributed by atoms with Crippen molar-refractivity contribution in [3.05, 3.63) is 29.2 Å². The Hall–Kier alpha value is -1.42. The van der Waals surface area contributed by atoms with Crippen molar-refractivity contribution in [3.63, 3.8) is 0 Å². The summed E-state index contributed by atoms with van der Waals surface area (Å²) in [6.45, 7) is 4.30. The van der Waals surface area contributed by atoms with Gasteiger partial charge < -0.3 is 0 Å². The molecular weight excluding hydrogens is 236 g/mol. The maximum Gasteiger partial charge on any atom is 0.181 e. The van der Waals surface area contributed by atoms with Gasteiger partial charge in [0, 0.05) is 18.9 Å². The van der Waals surface area contributed by atoms with Crippen LogP contribution < -0.4 is 0 Å². The molecule has 0 bridgehead atoms. The lowest BCUT2D eigenvalue weighted by atomic mass is 10.1. The molecule has 0 aliphatic carbocycles. The topological polar surface area (TPSA) is 43.6 Å². The number of nitrogens with zero attached hydrogens (tertiary/aromatic N) is 4. The summed E-state index contributed by atoms with van der Waals surface area (Å²) < 4.78 is 1.72. The van der Waals surface area contributed by atoms with E-state index in [9.17, 15) is 0 Å². The molecule has 0 spiro atoms. The number of hydrogen-bond donors (Lipinski definition) is 0. The lowest BCUT2D eigenvalue weighted by Crippen LogP contribution is -2.01. The van der Waals surface area contributed by atoms with Crippen LogP contribution in [0.3, 0.4) is 0 Å². The van der Waals surface area contributed by atoms with Gasteiger partial charge in [0.2, 0.25) is 0 Å². The highest BCUT2D eigenvalue weighted by Crippen LogP contribution is 2.17. The number of halogens is 1. The zero-order valence-electron chi connectivity index (χ0n) is 10.2. The largest absolute Gasteiger partial charge is 0.275 e. The Morgan fingerprint density at radius 1 is 1.35 bits per heavy atom. The summed E-state index contributed by atoms with van der Waals surface area (Å²) in [6, 6.07) is 3.69. The van der Waals surface area contributed by atoms with Crippen molar-refractivity contribution in [1.82, 2.24) is 19.7 Å². The predicted molar refractivity (Wildman–Crippen MR) is 67.8 cm³/mol. The van der Waals surface area contributed by atoms with Crippen LogP contribution in [0, 0.1) is 5.92 Å². The normalized spacial score (nSPS) is 11.1. The number of aryl methyl sites for hydroxylation is 1.